The van der Waals surface area contributed by atoms with E-state index in [0.29, 0.717) is 29.4 Å². The van der Waals surface area contributed by atoms with Gasteiger partial charge in [-0.1, -0.05) is 6.92 Å². The molecule has 0 aliphatic heterocycles. The van der Waals surface area contributed by atoms with Crippen molar-refractivity contribution in [3.63, 3.8) is 0 Å². The van der Waals surface area contributed by atoms with Gasteiger partial charge >= 0.3 is 5.63 Å². The van der Waals surface area contributed by atoms with Gasteiger partial charge in [-0.3, -0.25) is 0 Å². The Morgan fingerprint density at radius 3 is 2.63 bits per heavy atom. The SMILES string of the molecule is CCc1cc(=O)oc2cc(OCc3csc(-c4ccc(OC)c(OC)c4)n3)ccc12. The van der Waals surface area contributed by atoms with Crippen LogP contribution in [0.25, 0.3) is 21.5 Å². The zero-order chi connectivity index (χ0) is 21.1. The van der Waals surface area contributed by atoms with E-state index in [4.69, 9.17) is 18.6 Å². The van der Waals surface area contributed by atoms with Crippen LogP contribution in [0.3, 0.4) is 0 Å². The number of aromatic nitrogens is 1. The quantitative estimate of drug-likeness (QED) is 0.386. The molecule has 7 heteroatoms. The van der Waals surface area contributed by atoms with Crippen molar-refractivity contribution in [1.82, 2.24) is 4.98 Å². The number of benzene rings is 2. The van der Waals surface area contributed by atoms with Crippen LogP contribution in [0.4, 0.5) is 0 Å². The molecule has 2 aromatic heterocycles. The van der Waals surface area contributed by atoms with Gasteiger partial charge in [-0.25, -0.2) is 9.78 Å². The van der Waals surface area contributed by atoms with Crippen molar-refractivity contribution >= 4 is 22.3 Å². The summed E-state index contributed by atoms with van der Waals surface area (Å²) in [5.41, 5.74) is 2.90. The Balaban J connectivity index is 1.51. The smallest absolute Gasteiger partial charge is 0.336 e. The van der Waals surface area contributed by atoms with Gasteiger partial charge in [0, 0.05) is 28.5 Å². The average molecular weight is 423 g/mol. The van der Waals surface area contributed by atoms with Gasteiger partial charge in [0.05, 0.1) is 19.9 Å². The lowest BCUT2D eigenvalue weighted by Crippen LogP contribution is -2.00. The lowest BCUT2D eigenvalue weighted by atomic mass is 10.1. The van der Waals surface area contributed by atoms with E-state index in [2.05, 4.69) is 4.98 Å². The van der Waals surface area contributed by atoms with Crippen molar-refractivity contribution in [3.05, 3.63) is 69.5 Å². The Kier molecular flexibility index (Phi) is 5.72. The summed E-state index contributed by atoms with van der Waals surface area (Å²) in [5.74, 6) is 1.96. The Morgan fingerprint density at radius 2 is 1.87 bits per heavy atom. The number of thiazole rings is 1. The number of methoxy groups -OCH3 is 2. The van der Waals surface area contributed by atoms with Crippen molar-refractivity contribution in [2.24, 2.45) is 0 Å². The molecule has 0 amide bonds. The first kappa shape index (κ1) is 20.0. The summed E-state index contributed by atoms with van der Waals surface area (Å²) in [4.78, 5) is 16.4. The molecule has 0 aliphatic carbocycles. The third kappa shape index (κ3) is 4.02. The first-order valence-corrected chi connectivity index (χ1v) is 10.4. The number of ether oxygens (including phenoxy) is 3. The Morgan fingerprint density at radius 1 is 1.03 bits per heavy atom. The van der Waals surface area contributed by atoms with E-state index in [0.717, 1.165) is 33.6 Å². The van der Waals surface area contributed by atoms with E-state index in [1.165, 1.54) is 17.4 Å². The third-order valence-electron chi connectivity index (χ3n) is 4.75. The highest BCUT2D eigenvalue weighted by atomic mass is 32.1. The molecule has 0 bridgehead atoms. The fraction of sp³-hybridized carbons (Fsp3) is 0.217. The highest BCUT2D eigenvalue weighted by Crippen LogP contribution is 2.33. The minimum Gasteiger partial charge on any atom is -0.493 e. The number of fused-ring (bicyclic) bond motifs is 1. The highest BCUT2D eigenvalue weighted by molar-refractivity contribution is 7.13. The van der Waals surface area contributed by atoms with Gasteiger partial charge < -0.3 is 18.6 Å². The zero-order valence-electron chi connectivity index (χ0n) is 16.9. The second kappa shape index (κ2) is 8.59. The number of nitrogens with zero attached hydrogens (tertiary/aromatic N) is 1. The molecule has 0 unspecified atom stereocenters. The molecular weight excluding hydrogens is 402 g/mol. The fourth-order valence-corrected chi connectivity index (χ4v) is 4.03. The van der Waals surface area contributed by atoms with Gasteiger partial charge in [-0.2, -0.15) is 0 Å². The zero-order valence-corrected chi connectivity index (χ0v) is 17.7. The van der Waals surface area contributed by atoms with E-state index >= 15 is 0 Å². The maximum absolute atomic E-state index is 11.7. The van der Waals surface area contributed by atoms with Crippen LogP contribution in [0.1, 0.15) is 18.2 Å². The topological polar surface area (TPSA) is 70.8 Å². The number of hydrogen-bond donors (Lipinski definition) is 0. The molecule has 2 aromatic carbocycles. The van der Waals surface area contributed by atoms with E-state index in [1.54, 1.807) is 20.3 Å². The molecule has 0 radical (unpaired) electrons. The monoisotopic (exact) mass is 423 g/mol. The van der Waals surface area contributed by atoms with Crippen LogP contribution in [-0.2, 0) is 13.0 Å². The first-order valence-electron chi connectivity index (χ1n) is 9.47. The fourth-order valence-electron chi connectivity index (χ4n) is 3.22. The molecule has 0 N–H and O–H groups in total. The van der Waals surface area contributed by atoms with Gasteiger partial charge in [-0.15, -0.1) is 11.3 Å². The van der Waals surface area contributed by atoms with Crippen molar-refractivity contribution in [3.8, 4) is 27.8 Å². The molecule has 0 spiro atoms. The molecule has 0 aliphatic rings. The largest absolute Gasteiger partial charge is 0.493 e. The van der Waals surface area contributed by atoms with Gasteiger partial charge in [0.25, 0.3) is 0 Å². The van der Waals surface area contributed by atoms with Crippen molar-refractivity contribution < 1.29 is 18.6 Å². The molecule has 2 heterocycles. The van der Waals surface area contributed by atoms with Crippen LogP contribution < -0.4 is 19.8 Å². The lowest BCUT2D eigenvalue weighted by Gasteiger charge is -2.08. The van der Waals surface area contributed by atoms with Crippen LogP contribution in [0.2, 0.25) is 0 Å². The van der Waals surface area contributed by atoms with Crippen LogP contribution in [0, 0.1) is 0 Å². The summed E-state index contributed by atoms with van der Waals surface area (Å²) >= 11 is 1.53. The second-order valence-corrected chi connectivity index (χ2v) is 7.46. The molecule has 4 aromatic rings. The first-order chi connectivity index (χ1) is 14.6. The summed E-state index contributed by atoms with van der Waals surface area (Å²) < 4.78 is 21.9. The molecule has 0 saturated carbocycles. The number of hydrogen-bond acceptors (Lipinski definition) is 7. The Labute approximate surface area is 177 Å². The van der Waals surface area contributed by atoms with Crippen LogP contribution in [-0.4, -0.2) is 19.2 Å². The maximum Gasteiger partial charge on any atom is 0.336 e. The molecule has 154 valence electrons. The van der Waals surface area contributed by atoms with Crippen LogP contribution >= 0.6 is 11.3 Å². The summed E-state index contributed by atoms with van der Waals surface area (Å²) in [6.07, 6.45) is 0.764. The van der Waals surface area contributed by atoms with E-state index in [-0.39, 0.29) is 5.63 Å². The summed E-state index contributed by atoms with van der Waals surface area (Å²) in [7, 11) is 3.22. The summed E-state index contributed by atoms with van der Waals surface area (Å²) in [6, 6.07) is 12.8. The number of rotatable bonds is 7. The highest BCUT2D eigenvalue weighted by Gasteiger charge is 2.11. The van der Waals surface area contributed by atoms with E-state index in [9.17, 15) is 4.79 Å². The van der Waals surface area contributed by atoms with Crippen molar-refractivity contribution in [2.45, 2.75) is 20.0 Å². The second-order valence-electron chi connectivity index (χ2n) is 6.60. The van der Waals surface area contributed by atoms with Gasteiger partial charge in [-0.05, 0) is 42.3 Å². The van der Waals surface area contributed by atoms with Crippen molar-refractivity contribution in [2.75, 3.05) is 14.2 Å². The van der Waals surface area contributed by atoms with Gasteiger partial charge in [0.1, 0.15) is 22.9 Å². The minimum absolute atomic E-state index is 0.312. The molecule has 4 rings (SSSR count). The lowest BCUT2D eigenvalue weighted by molar-refractivity contribution is 0.302. The normalized spacial score (nSPS) is 10.9. The van der Waals surface area contributed by atoms with Crippen molar-refractivity contribution in [1.29, 1.82) is 0 Å². The van der Waals surface area contributed by atoms with Gasteiger partial charge in [0.15, 0.2) is 11.5 Å². The molecule has 0 saturated heterocycles. The summed E-state index contributed by atoms with van der Waals surface area (Å²) in [5, 5.41) is 3.75. The standard InChI is InChI=1S/C23H21NO5S/c1-4-14-10-22(25)29-20-11-17(6-7-18(14)20)28-12-16-13-30-23(24-16)15-5-8-19(26-2)21(9-15)27-3/h5-11,13H,4,12H2,1-3H3. The molecule has 6 nitrogen and oxygen atoms in total. The van der Waals surface area contributed by atoms with Crippen LogP contribution in [0.15, 0.2) is 57.1 Å². The predicted octanol–water partition coefficient (Wildman–Crippen LogP) is 5.08. The van der Waals surface area contributed by atoms with E-state index < -0.39 is 0 Å². The number of aryl methyl sites for hydroxylation is 1. The predicted molar refractivity (Wildman–Crippen MR) is 117 cm³/mol. The Hall–Kier alpha value is -3.32. The van der Waals surface area contributed by atoms with E-state index in [1.807, 2.05) is 42.6 Å². The maximum atomic E-state index is 11.7. The summed E-state index contributed by atoms with van der Waals surface area (Å²) in [6.45, 7) is 2.32. The molecule has 30 heavy (non-hydrogen) atoms. The van der Waals surface area contributed by atoms with Crippen LogP contribution in [0.5, 0.6) is 17.2 Å². The third-order valence-corrected chi connectivity index (χ3v) is 5.69. The Bertz CT molecular complexity index is 1240. The average Bonchev–Trinajstić information content (AvgIpc) is 3.25. The van der Waals surface area contributed by atoms with Gasteiger partial charge in [0.2, 0.25) is 0 Å². The molecular formula is C23H21NO5S. The molecule has 0 fully saturated rings. The molecule has 0 atom stereocenters. The minimum atomic E-state index is -0.351.